The monoisotopic (exact) mass is 360 g/mol. The molecule has 3 fully saturated rings. The molecule has 1 atom stereocenters. The lowest BCUT2D eigenvalue weighted by Gasteiger charge is -2.33. The smallest absolute Gasteiger partial charge is 0.226 e. The van der Waals surface area contributed by atoms with Gasteiger partial charge in [-0.1, -0.05) is 0 Å². The normalized spacial score (nSPS) is 26.3. The number of carbonyl (C=O) groups excluding carboxylic acids is 1. The number of hydrogen-bond donors (Lipinski definition) is 2. The second-order valence-corrected chi connectivity index (χ2v) is 6.98. The Balaban J connectivity index is 0.000000960. The first-order valence-corrected chi connectivity index (χ1v) is 8.26. The fourth-order valence-electron chi connectivity index (χ4n) is 4.30. The summed E-state index contributed by atoms with van der Waals surface area (Å²) in [5, 5.41) is 3.41. The van der Waals surface area contributed by atoms with E-state index in [0.717, 1.165) is 45.4 Å². The summed E-state index contributed by atoms with van der Waals surface area (Å²) < 4.78 is 0. The number of hydrogen-bond acceptors (Lipinski definition) is 3. The highest BCUT2D eigenvalue weighted by Crippen LogP contribution is 2.59. The molecule has 0 bridgehead atoms. The lowest BCUT2D eigenvalue weighted by atomic mass is 9.90. The maximum absolute atomic E-state index is 12.7. The second-order valence-electron chi connectivity index (χ2n) is 6.98. The Bertz CT molecular complexity index is 508. The number of piperidine rings is 2. The minimum absolute atomic E-state index is 0. The topological polar surface area (TPSA) is 61.0 Å². The zero-order chi connectivity index (χ0) is 14.3. The van der Waals surface area contributed by atoms with Crippen LogP contribution in [0, 0.1) is 11.3 Å². The van der Waals surface area contributed by atoms with Crippen molar-refractivity contribution in [2.75, 3.05) is 26.2 Å². The van der Waals surface area contributed by atoms with Crippen LogP contribution in [0.1, 0.15) is 43.7 Å². The average Bonchev–Trinajstić information content (AvgIpc) is 2.99. The third-order valence-electron chi connectivity index (χ3n) is 5.85. The first-order valence-electron chi connectivity index (χ1n) is 8.26. The molecule has 130 valence electrons. The van der Waals surface area contributed by atoms with E-state index in [2.05, 4.69) is 20.2 Å². The predicted molar refractivity (Wildman–Crippen MR) is 94.3 cm³/mol. The zero-order valence-corrected chi connectivity index (χ0v) is 14.9. The Morgan fingerprint density at radius 2 is 1.91 bits per heavy atom. The van der Waals surface area contributed by atoms with Gasteiger partial charge in [0.1, 0.15) is 0 Å². The lowest BCUT2D eigenvalue weighted by molar-refractivity contribution is -0.134. The van der Waals surface area contributed by atoms with Gasteiger partial charge in [-0.25, -0.2) is 4.98 Å². The molecule has 4 rings (SSSR count). The molecule has 5 nitrogen and oxygen atoms in total. The molecule has 1 aromatic rings. The van der Waals surface area contributed by atoms with Crippen LogP contribution in [0.4, 0.5) is 0 Å². The number of rotatable bonds is 2. The molecule has 2 saturated heterocycles. The SMILES string of the molecule is Cl.Cl.O=C(C1CC12CCNCC2)N1CCC(c2cnc[nH]2)CC1. The van der Waals surface area contributed by atoms with Crippen molar-refractivity contribution in [2.45, 2.75) is 38.0 Å². The van der Waals surface area contributed by atoms with Gasteiger partial charge >= 0.3 is 0 Å². The van der Waals surface area contributed by atoms with Gasteiger partial charge in [0.2, 0.25) is 5.91 Å². The molecule has 1 aromatic heterocycles. The van der Waals surface area contributed by atoms with Gasteiger partial charge in [0.05, 0.1) is 6.33 Å². The van der Waals surface area contributed by atoms with E-state index in [4.69, 9.17) is 0 Å². The Morgan fingerprint density at radius 3 is 2.52 bits per heavy atom. The largest absolute Gasteiger partial charge is 0.348 e. The molecule has 1 aliphatic carbocycles. The van der Waals surface area contributed by atoms with Gasteiger partial charge in [0.25, 0.3) is 0 Å². The summed E-state index contributed by atoms with van der Waals surface area (Å²) >= 11 is 0. The molecule has 1 saturated carbocycles. The van der Waals surface area contributed by atoms with Crippen LogP contribution in [0.3, 0.4) is 0 Å². The highest BCUT2D eigenvalue weighted by Gasteiger charge is 2.58. The van der Waals surface area contributed by atoms with E-state index in [1.165, 1.54) is 18.5 Å². The third-order valence-corrected chi connectivity index (χ3v) is 5.85. The van der Waals surface area contributed by atoms with Crippen molar-refractivity contribution >= 4 is 30.7 Å². The number of aromatic amines is 1. The van der Waals surface area contributed by atoms with Crippen molar-refractivity contribution in [3.8, 4) is 0 Å². The highest BCUT2D eigenvalue weighted by molar-refractivity contribution is 5.85. The maximum Gasteiger partial charge on any atom is 0.226 e. The summed E-state index contributed by atoms with van der Waals surface area (Å²) in [6.07, 6.45) is 9.31. The van der Waals surface area contributed by atoms with Gasteiger partial charge < -0.3 is 15.2 Å². The molecule has 1 amide bonds. The van der Waals surface area contributed by atoms with Crippen LogP contribution in [0.25, 0.3) is 0 Å². The lowest BCUT2D eigenvalue weighted by Crippen LogP contribution is -2.40. The van der Waals surface area contributed by atoms with Crippen LogP contribution in [0.2, 0.25) is 0 Å². The maximum atomic E-state index is 12.7. The number of carbonyl (C=O) groups is 1. The van der Waals surface area contributed by atoms with E-state index in [1.54, 1.807) is 6.33 Å². The van der Waals surface area contributed by atoms with E-state index < -0.39 is 0 Å². The molecular weight excluding hydrogens is 335 g/mol. The van der Waals surface area contributed by atoms with Gasteiger partial charge in [0, 0.05) is 36.8 Å². The van der Waals surface area contributed by atoms with Crippen LogP contribution in [0.15, 0.2) is 12.5 Å². The molecule has 2 aliphatic heterocycles. The number of aromatic nitrogens is 2. The number of nitrogens with zero attached hydrogens (tertiary/aromatic N) is 2. The molecule has 3 aliphatic rings. The number of nitrogens with one attached hydrogen (secondary N) is 2. The molecule has 1 unspecified atom stereocenters. The Morgan fingerprint density at radius 1 is 1.22 bits per heavy atom. The van der Waals surface area contributed by atoms with Crippen molar-refractivity contribution in [1.29, 1.82) is 0 Å². The van der Waals surface area contributed by atoms with Crippen LogP contribution >= 0.6 is 24.8 Å². The fourth-order valence-corrected chi connectivity index (χ4v) is 4.30. The number of H-pyrrole nitrogens is 1. The fraction of sp³-hybridized carbons (Fsp3) is 0.750. The minimum atomic E-state index is 0. The van der Waals surface area contributed by atoms with Crippen LogP contribution in [-0.4, -0.2) is 47.0 Å². The molecular formula is C16H26Cl2N4O. The van der Waals surface area contributed by atoms with Gasteiger partial charge in [-0.15, -0.1) is 24.8 Å². The van der Waals surface area contributed by atoms with Crippen molar-refractivity contribution in [3.63, 3.8) is 0 Å². The number of imidazole rings is 1. The van der Waals surface area contributed by atoms with Crippen molar-refractivity contribution in [2.24, 2.45) is 11.3 Å². The third kappa shape index (κ3) is 3.52. The number of halogens is 2. The van der Waals surface area contributed by atoms with E-state index in [0.29, 0.717) is 23.2 Å². The molecule has 23 heavy (non-hydrogen) atoms. The summed E-state index contributed by atoms with van der Waals surface area (Å²) in [4.78, 5) is 22.1. The average molecular weight is 361 g/mol. The van der Waals surface area contributed by atoms with Crippen molar-refractivity contribution in [1.82, 2.24) is 20.2 Å². The number of amides is 1. The second kappa shape index (κ2) is 7.41. The van der Waals surface area contributed by atoms with Crippen LogP contribution in [0.5, 0.6) is 0 Å². The summed E-state index contributed by atoms with van der Waals surface area (Å²) in [6, 6.07) is 0. The van der Waals surface area contributed by atoms with Crippen LogP contribution in [-0.2, 0) is 4.79 Å². The molecule has 3 heterocycles. The van der Waals surface area contributed by atoms with E-state index in [9.17, 15) is 4.79 Å². The van der Waals surface area contributed by atoms with Crippen molar-refractivity contribution < 1.29 is 4.79 Å². The quantitative estimate of drug-likeness (QED) is 0.850. The summed E-state index contributed by atoms with van der Waals surface area (Å²) in [5.74, 6) is 1.30. The summed E-state index contributed by atoms with van der Waals surface area (Å²) in [5.41, 5.74) is 1.59. The van der Waals surface area contributed by atoms with Gasteiger partial charge in [-0.3, -0.25) is 4.79 Å². The number of likely N-dealkylation sites (tertiary alicyclic amines) is 1. The minimum Gasteiger partial charge on any atom is -0.348 e. The van der Waals surface area contributed by atoms with Gasteiger partial charge in [-0.05, 0) is 50.6 Å². The van der Waals surface area contributed by atoms with Gasteiger partial charge in [0.15, 0.2) is 0 Å². The summed E-state index contributed by atoms with van der Waals surface area (Å²) in [6.45, 7) is 4.00. The first kappa shape index (κ1) is 18.6. The Hall–Kier alpha value is -0.780. The molecule has 2 N–H and O–H groups in total. The predicted octanol–water partition coefficient (Wildman–Crippen LogP) is 2.35. The first-order chi connectivity index (χ1) is 10.3. The molecule has 1 spiro atoms. The van der Waals surface area contributed by atoms with E-state index >= 15 is 0 Å². The summed E-state index contributed by atoms with van der Waals surface area (Å²) in [7, 11) is 0. The van der Waals surface area contributed by atoms with E-state index in [1.807, 2.05) is 6.20 Å². The van der Waals surface area contributed by atoms with Gasteiger partial charge in [-0.2, -0.15) is 0 Å². The zero-order valence-electron chi connectivity index (χ0n) is 13.3. The molecule has 0 radical (unpaired) electrons. The van der Waals surface area contributed by atoms with Crippen molar-refractivity contribution in [3.05, 3.63) is 18.2 Å². The molecule has 7 heteroatoms. The standard InChI is InChI=1S/C16H24N4O.2ClH/c21-15(13-9-16(13)3-5-17-6-4-16)20-7-1-12(2-8-20)14-10-18-11-19-14;;/h10-13,17H,1-9H2,(H,18,19);2*1H. The van der Waals surface area contributed by atoms with Crippen LogP contribution < -0.4 is 5.32 Å². The highest BCUT2D eigenvalue weighted by atomic mass is 35.5. The Kier molecular flexibility index (Phi) is 5.98. The van der Waals surface area contributed by atoms with E-state index in [-0.39, 0.29) is 24.8 Å². The Labute approximate surface area is 149 Å². The molecule has 0 aromatic carbocycles.